The highest BCUT2D eigenvalue weighted by atomic mass is 16.5. The molecule has 0 saturated carbocycles. The van der Waals surface area contributed by atoms with Gasteiger partial charge in [-0.05, 0) is 48.9 Å². The molecule has 0 saturated heterocycles. The first-order valence-corrected chi connectivity index (χ1v) is 9.97. The van der Waals surface area contributed by atoms with E-state index >= 15 is 0 Å². The molecule has 0 bridgehead atoms. The number of rotatable bonds is 9. The van der Waals surface area contributed by atoms with Crippen LogP contribution in [0.2, 0.25) is 0 Å². The van der Waals surface area contributed by atoms with Crippen molar-refractivity contribution in [3.8, 4) is 17.1 Å². The molecule has 0 atom stereocenters. The minimum Gasteiger partial charge on any atom is -0.494 e. The molecule has 0 unspecified atom stereocenters. The number of aromatic nitrogens is 5. The molecule has 0 fully saturated rings. The first-order chi connectivity index (χ1) is 15.2. The van der Waals surface area contributed by atoms with Crippen molar-refractivity contribution in [2.75, 3.05) is 11.9 Å². The molecule has 0 aliphatic rings. The topological polar surface area (TPSA) is 108 Å². The third kappa shape index (κ3) is 5.53. The summed E-state index contributed by atoms with van der Waals surface area (Å²) in [6.07, 6.45) is 5.84. The number of hydrogen-bond acceptors (Lipinski definition) is 7. The molecule has 9 nitrogen and oxygen atoms in total. The third-order valence-electron chi connectivity index (χ3n) is 4.46. The second-order valence-corrected chi connectivity index (χ2v) is 6.77. The Hall–Kier alpha value is -4.01. The van der Waals surface area contributed by atoms with Gasteiger partial charge in [0.05, 0.1) is 13.2 Å². The number of hydrogen-bond donors (Lipinski definition) is 1. The number of ether oxygens (including phenoxy) is 1. The average molecular weight is 418 g/mol. The van der Waals surface area contributed by atoms with E-state index in [9.17, 15) is 4.79 Å². The minimum atomic E-state index is -0.171. The van der Waals surface area contributed by atoms with Crippen molar-refractivity contribution in [2.45, 2.75) is 26.3 Å². The van der Waals surface area contributed by atoms with Gasteiger partial charge < -0.3 is 14.6 Å². The summed E-state index contributed by atoms with van der Waals surface area (Å²) >= 11 is 0. The van der Waals surface area contributed by atoms with Crippen LogP contribution in [0, 0.1) is 0 Å². The van der Waals surface area contributed by atoms with Crippen LogP contribution in [-0.2, 0) is 17.8 Å². The van der Waals surface area contributed by atoms with Crippen molar-refractivity contribution in [1.29, 1.82) is 0 Å². The van der Waals surface area contributed by atoms with Gasteiger partial charge in [0.25, 0.3) is 0 Å². The summed E-state index contributed by atoms with van der Waals surface area (Å²) in [5, 5.41) is 11.1. The lowest BCUT2D eigenvalue weighted by atomic mass is 10.2. The molecule has 0 spiro atoms. The fourth-order valence-corrected chi connectivity index (χ4v) is 2.96. The molecule has 31 heavy (non-hydrogen) atoms. The van der Waals surface area contributed by atoms with Crippen LogP contribution in [0.1, 0.15) is 24.8 Å². The highest BCUT2D eigenvalue weighted by molar-refractivity contribution is 5.89. The van der Waals surface area contributed by atoms with Gasteiger partial charge in [-0.25, -0.2) is 0 Å². The van der Waals surface area contributed by atoms with Crippen molar-refractivity contribution in [3.05, 3.63) is 72.5 Å². The summed E-state index contributed by atoms with van der Waals surface area (Å²) in [4.78, 5) is 20.6. The van der Waals surface area contributed by atoms with E-state index in [4.69, 9.17) is 9.26 Å². The van der Waals surface area contributed by atoms with Crippen LogP contribution in [0.5, 0.6) is 5.75 Å². The average Bonchev–Trinajstić information content (AvgIpc) is 3.43. The molecule has 9 heteroatoms. The summed E-state index contributed by atoms with van der Waals surface area (Å²) in [6, 6.07) is 13.1. The van der Waals surface area contributed by atoms with Gasteiger partial charge >= 0.3 is 0 Å². The van der Waals surface area contributed by atoms with Crippen LogP contribution in [0.15, 0.2) is 65.6 Å². The van der Waals surface area contributed by atoms with Crippen molar-refractivity contribution in [2.24, 2.45) is 0 Å². The molecule has 3 heterocycles. The highest BCUT2D eigenvalue weighted by Crippen LogP contribution is 2.20. The summed E-state index contributed by atoms with van der Waals surface area (Å²) in [5.74, 6) is 2.00. The Labute approximate surface area is 179 Å². The lowest BCUT2D eigenvalue weighted by Crippen LogP contribution is -2.13. The van der Waals surface area contributed by atoms with Gasteiger partial charge in [0.2, 0.25) is 17.6 Å². The van der Waals surface area contributed by atoms with Gasteiger partial charge in [0.15, 0.2) is 5.82 Å². The Balaban J connectivity index is 1.27. The number of carbonyl (C=O) groups excluding carboxylic acids is 1. The van der Waals surface area contributed by atoms with Gasteiger partial charge in [-0.2, -0.15) is 10.1 Å². The van der Waals surface area contributed by atoms with Gasteiger partial charge in [-0.15, -0.1) is 0 Å². The normalized spacial score (nSPS) is 10.7. The monoisotopic (exact) mass is 418 g/mol. The first-order valence-electron chi connectivity index (χ1n) is 9.97. The van der Waals surface area contributed by atoms with Crippen molar-refractivity contribution in [3.63, 3.8) is 0 Å². The number of nitrogens with zero attached hydrogens (tertiary/aromatic N) is 5. The lowest BCUT2D eigenvalue weighted by molar-refractivity contribution is -0.116. The number of carbonyl (C=O) groups is 1. The Bertz CT molecular complexity index is 1120. The molecular weight excluding hydrogens is 396 g/mol. The van der Waals surface area contributed by atoms with E-state index in [1.54, 1.807) is 23.1 Å². The standard InChI is InChI=1S/C22H22N6O3/c1-2-30-18-5-3-17(4-6-18)22-25-21(31-27-22)8-7-20(29)24-19-11-14-28(26-19)15-16-9-12-23-13-10-16/h3-6,9-14H,2,7-8,15H2,1H3,(H,24,26,29). The second kappa shape index (κ2) is 9.66. The number of pyridine rings is 1. The predicted octanol–water partition coefficient (Wildman–Crippen LogP) is 3.35. The van der Waals surface area contributed by atoms with Crippen molar-refractivity contribution < 1.29 is 14.1 Å². The molecule has 1 N–H and O–H groups in total. The van der Waals surface area contributed by atoms with Gasteiger partial charge in [0.1, 0.15) is 5.75 Å². The zero-order valence-electron chi connectivity index (χ0n) is 17.1. The van der Waals surface area contributed by atoms with Crippen LogP contribution in [0.3, 0.4) is 0 Å². The van der Waals surface area contributed by atoms with Crippen LogP contribution in [-0.4, -0.2) is 37.4 Å². The Morgan fingerprint density at radius 2 is 1.94 bits per heavy atom. The zero-order chi connectivity index (χ0) is 21.5. The number of benzene rings is 1. The molecule has 1 amide bonds. The quantitative estimate of drug-likeness (QED) is 0.444. The largest absolute Gasteiger partial charge is 0.494 e. The summed E-state index contributed by atoms with van der Waals surface area (Å²) in [6.45, 7) is 3.15. The van der Waals surface area contributed by atoms with E-state index in [1.165, 1.54) is 0 Å². The highest BCUT2D eigenvalue weighted by Gasteiger charge is 2.12. The molecule has 0 aliphatic heterocycles. The molecule has 0 aliphatic carbocycles. The molecule has 1 aromatic carbocycles. The first kappa shape index (κ1) is 20.3. The maximum Gasteiger partial charge on any atom is 0.227 e. The number of anilines is 1. The molecule has 3 aromatic heterocycles. The Morgan fingerprint density at radius 3 is 2.71 bits per heavy atom. The summed E-state index contributed by atoms with van der Waals surface area (Å²) in [5.41, 5.74) is 1.90. The Morgan fingerprint density at radius 1 is 1.13 bits per heavy atom. The molecular formula is C22H22N6O3. The van der Waals surface area contributed by atoms with Crippen LogP contribution in [0.25, 0.3) is 11.4 Å². The van der Waals surface area contributed by atoms with E-state index in [0.717, 1.165) is 16.9 Å². The smallest absolute Gasteiger partial charge is 0.227 e. The summed E-state index contributed by atoms with van der Waals surface area (Å²) < 4.78 is 12.5. The maximum atomic E-state index is 12.3. The van der Waals surface area contributed by atoms with Gasteiger partial charge in [-0.1, -0.05) is 5.16 Å². The van der Waals surface area contributed by atoms with Gasteiger partial charge in [-0.3, -0.25) is 14.5 Å². The number of amides is 1. The molecule has 0 radical (unpaired) electrons. The fraction of sp³-hybridized carbons (Fsp3) is 0.227. The minimum absolute atomic E-state index is 0.171. The number of aryl methyl sites for hydroxylation is 1. The third-order valence-corrected chi connectivity index (χ3v) is 4.46. The van der Waals surface area contributed by atoms with Crippen molar-refractivity contribution in [1.82, 2.24) is 24.9 Å². The number of nitrogens with one attached hydrogen (secondary N) is 1. The maximum absolute atomic E-state index is 12.3. The van der Waals surface area contributed by atoms with Crippen LogP contribution >= 0.6 is 0 Å². The summed E-state index contributed by atoms with van der Waals surface area (Å²) in [7, 11) is 0. The lowest BCUT2D eigenvalue weighted by Gasteiger charge is -2.02. The van der Waals surface area contributed by atoms with Crippen LogP contribution < -0.4 is 10.1 Å². The molecule has 4 aromatic rings. The van der Waals surface area contributed by atoms with E-state index < -0.39 is 0 Å². The Kier molecular flexibility index (Phi) is 6.32. The van der Waals surface area contributed by atoms with E-state index in [1.807, 2.05) is 49.5 Å². The second-order valence-electron chi connectivity index (χ2n) is 6.77. The predicted molar refractivity (Wildman–Crippen MR) is 113 cm³/mol. The zero-order valence-corrected chi connectivity index (χ0v) is 17.1. The van der Waals surface area contributed by atoms with E-state index in [2.05, 4.69) is 25.5 Å². The fourth-order valence-electron chi connectivity index (χ4n) is 2.96. The molecule has 158 valence electrons. The van der Waals surface area contributed by atoms with E-state index in [0.29, 0.717) is 37.1 Å². The SMILES string of the molecule is CCOc1ccc(-c2noc(CCC(=O)Nc3ccn(Cc4ccncc4)n3)n2)cc1. The van der Waals surface area contributed by atoms with Crippen LogP contribution in [0.4, 0.5) is 5.82 Å². The van der Waals surface area contributed by atoms with E-state index in [-0.39, 0.29) is 12.3 Å². The van der Waals surface area contributed by atoms with Gasteiger partial charge in [0, 0.05) is 43.1 Å². The molecule has 4 rings (SSSR count). The van der Waals surface area contributed by atoms with Crippen molar-refractivity contribution >= 4 is 11.7 Å².